The zero-order valence-electron chi connectivity index (χ0n) is 37.5. The van der Waals surface area contributed by atoms with Crippen LogP contribution in [0.2, 0.25) is 0 Å². The number of nitrogens with zero attached hydrogens (tertiary/aromatic N) is 5. The van der Waals surface area contributed by atoms with Crippen molar-refractivity contribution in [3.8, 4) is 45.5 Å². The first-order valence-corrected chi connectivity index (χ1v) is 23.2. The van der Waals surface area contributed by atoms with E-state index < -0.39 is 0 Å². The standard InChI is InChI=1S/C61H47N5/c1-60(2)31-32-61(3,4)51-37-55-47(34-50(51)60)48-35-54-49(56-46-27-14-12-18-39(46)29-30-52(56)65(54)43-24-9-6-10-25-43)36-53(48)66(55)59-63-57(40-19-7-5-8-20-40)62-58(64-59)42-23-15-22-41(33-42)45-28-16-21-38-17-11-13-26-44(38)45/h5-30,33-37H,31-32H2,1-4H3. The first-order chi connectivity index (χ1) is 32.2. The molecule has 0 aliphatic heterocycles. The van der Waals surface area contributed by atoms with Crippen LogP contribution in [0, 0.1) is 0 Å². The van der Waals surface area contributed by atoms with Crippen LogP contribution in [0.15, 0.2) is 188 Å². The van der Waals surface area contributed by atoms with Crippen molar-refractivity contribution in [2.24, 2.45) is 0 Å². The second-order valence-electron chi connectivity index (χ2n) is 19.5. The van der Waals surface area contributed by atoms with Gasteiger partial charge in [0.25, 0.3) is 0 Å². The maximum atomic E-state index is 5.53. The van der Waals surface area contributed by atoms with Crippen molar-refractivity contribution in [3.63, 3.8) is 0 Å². The molecule has 0 bridgehead atoms. The first kappa shape index (κ1) is 38.6. The van der Waals surface area contributed by atoms with Crippen molar-refractivity contribution in [3.05, 3.63) is 199 Å². The lowest BCUT2D eigenvalue weighted by Crippen LogP contribution is -2.33. The van der Waals surface area contributed by atoms with Crippen molar-refractivity contribution in [1.29, 1.82) is 0 Å². The van der Waals surface area contributed by atoms with Gasteiger partial charge < -0.3 is 4.57 Å². The summed E-state index contributed by atoms with van der Waals surface area (Å²) >= 11 is 0. The van der Waals surface area contributed by atoms with Gasteiger partial charge in [0.05, 0.1) is 22.1 Å². The van der Waals surface area contributed by atoms with E-state index in [1.54, 1.807) is 0 Å². The lowest BCUT2D eigenvalue weighted by atomic mass is 9.63. The van der Waals surface area contributed by atoms with E-state index in [1.165, 1.54) is 70.8 Å². The van der Waals surface area contributed by atoms with Crippen LogP contribution in [0.4, 0.5) is 0 Å². The second-order valence-corrected chi connectivity index (χ2v) is 19.5. The van der Waals surface area contributed by atoms with Crippen molar-refractivity contribution >= 4 is 65.2 Å². The van der Waals surface area contributed by atoms with Crippen LogP contribution in [0.5, 0.6) is 0 Å². The fourth-order valence-corrected chi connectivity index (χ4v) is 11.0. The predicted octanol–water partition coefficient (Wildman–Crippen LogP) is 15.7. The quantitative estimate of drug-likeness (QED) is 0.173. The van der Waals surface area contributed by atoms with Crippen LogP contribution in [-0.4, -0.2) is 24.1 Å². The van der Waals surface area contributed by atoms with Gasteiger partial charge in [-0.3, -0.25) is 4.57 Å². The van der Waals surface area contributed by atoms with E-state index in [-0.39, 0.29) is 10.8 Å². The molecular formula is C61H47N5. The molecule has 3 heterocycles. The van der Waals surface area contributed by atoms with Gasteiger partial charge in [-0.05, 0) is 116 Å². The molecule has 12 aromatic rings. The summed E-state index contributed by atoms with van der Waals surface area (Å²) in [6.45, 7) is 9.65. The third-order valence-electron chi connectivity index (χ3n) is 14.6. The smallest absolute Gasteiger partial charge is 0.238 e. The van der Waals surface area contributed by atoms with Crippen LogP contribution in [0.1, 0.15) is 51.7 Å². The molecule has 5 nitrogen and oxygen atoms in total. The zero-order chi connectivity index (χ0) is 44.3. The van der Waals surface area contributed by atoms with Gasteiger partial charge in [-0.2, -0.15) is 9.97 Å². The van der Waals surface area contributed by atoms with Crippen molar-refractivity contribution in [2.75, 3.05) is 0 Å². The molecule has 3 aromatic heterocycles. The molecule has 9 aromatic carbocycles. The lowest BCUT2D eigenvalue weighted by Gasteiger charge is -2.42. The summed E-state index contributed by atoms with van der Waals surface area (Å²) in [6.07, 6.45) is 2.25. The molecule has 0 spiro atoms. The lowest BCUT2D eigenvalue weighted by molar-refractivity contribution is 0.332. The number of rotatable bonds is 5. The molecule has 66 heavy (non-hydrogen) atoms. The second kappa shape index (κ2) is 14.3. The van der Waals surface area contributed by atoms with Crippen LogP contribution in [-0.2, 0) is 10.8 Å². The summed E-state index contributed by atoms with van der Waals surface area (Å²) in [7, 11) is 0. The molecule has 13 rings (SSSR count). The molecule has 0 N–H and O–H groups in total. The molecule has 0 unspecified atom stereocenters. The minimum atomic E-state index is -0.00837. The number of hydrogen-bond donors (Lipinski definition) is 0. The maximum absolute atomic E-state index is 5.53. The summed E-state index contributed by atoms with van der Waals surface area (Å²) < 4.78 is 4.79. The van der Waals surface area contributed by atoms with Crippen molar-refractivity contribution in [1.82, 2.24) is 24.1 Å². The van der Waals surface area contributed by atoms with E-state index in [4.69, 9.17) is 15.0 Å². The highest BCUT2D eigenvalue weighted by Gasteiger charge is 2.38. The Morgan fingerprint density at radius 1 is 0.379 bits per heavy atom. The highest BCUT2D eigenvalue weighted by atomic mass is 15.2. The van der Waals surface area contributed by atoms with E-state index in [0.717, 1.165) is 46.3 Å². The van der Waals surface area contributed by atoms with Gasteiger partial charge in [0.1, 0.15) is 0 Å². The van der Waals surface area contributed by atoms with E-state index in [1.807, 2.05) is 6.07 Å². The highest BCUT2D eigenvalue weighted by Crippen LogP contribution is 2.49. The van der Waals surface area contributed by atoms with Gasteiger partial charge in [-0.25, -0.2) is 4.98 Å². The average molecular weight is 850 g/mol. The highest BCUT2D eigenvalue weighted by molar-refractivity contribution is 6.25. The summed E-state index contributed by atoms with van der Waals surface area (Å²) in [5.41, 5.74) is 12.6. The molecule has 0 fully saturated rings. The Morgan fingerprint density at radius 3 is 1.70 bits per heavy atom. The Kier molecular flexibility index (Phi) is 8.36. The molecule has 0 atom stereocenters. The van der Waals surface area contributed by atoms with Gasteiger partial charge in [-0.15, -0.1) is 0 Å². The SMILES string of the molecule is CC1(C)CCC(C)(C)c2cc3c(cc21)c1cc2c(cc1n3-c1nc(-c3ccccc3)nc(-c3cccc(-c4cccc5ccccc45)c3)n1)c1c3ccccc3ccc1n2-c1ccccc1. The molecule has 0 amide bonds. The van der Waals surface area contributed by atoms with Crippen molar-refractivity contribution < 1.29 is 0 Å². The molecular weight excluding hydrogens is 803 g/mol. The minimum absolute atomic E-state index is 0.00837. The van der Waals surface area contributed by atoms with Gasteiger partial charge in [-0.1, -0.05) is 167 Å². The molecule has 0 saturated carbocycles. The number of benzene rings is 9. The number of hydrogen-bond acceptors (Lipinski definition) is 3. The molecule has 316 valence electrons. The first-order valence-electron chi connectivity index (χ1n) is 23.2. The van der Waals surface area contributed by atoms with Crippen LogP contribution in [0.25, 0.3) is 111 Å². The number of aromatic nitrogens is 5. The number of fused-ring (bicyclic) bond motifs is 10. The molecule has 0 radical (unpaired) electrons. The van der Waals surface area contributed by atoms with E-state index in [9.17, 15) is 0 Å². The van der Waals surface area contributed by atoms with Gasteiger partial charge in [0, 0.05) is 38.4 Å². The van der Waals surface area contributed by atoms with Crippen LogP contribution >= 0.6 is 0 Å². The fraction of sp³-hybridized carbons (Fsp3) is 0.131. The third-order valence-corrected chi connectivity index (χ3v) is 14.6. The average Bonchev–Trinajstić information content (AvgIpc) is 3.86. The Bertz CT molecular complexity index is 3920. The minimum Gasteiger partial charge on any atom is -0.309 e. The van der Waals surface area contributed by atoms with Crippen molar-refractivity contribution in [2.45, 2.75) is 51.4 Å². The predicted molar refractivity (Wildman–Crippen MR) is 275 cm³/mol. The van der Waals surface area contributed by atoms with Crippen LogP contribution in [0.3, 0.4) is 0 Å². The molecule has 0 saturated heterocycles. The van der Waals surface area contributed by atoms with E-state index in [2.05, 4.69) is 219 Å². The maximum Gasteiger partial charge on any atom is 0.238 e. The topological polar surface area (TPSA) is 48.5 Å². The Morgan fingerprint density at radius 2 is 0.924 bits per heavy atom. The zero-order valence-corrected chi connectivity index (χ0v) is 37.5. The summed E-state index contributed by atoms with van der Waals surface area (Å²) in [5.74, 6) is 1.86. The summed E-state index contributed by atoms with van der Waals surface area (Å²) in [6, 6.07) is 68.1. The molecule has 1 aliphatic rings. The summed E-state index contributed by atoms with van der Waals surface area (Å²) in [4.78, 5) is 16.3. The largest absolute Gasteiger partial charge is 0.309 e. The van der Waals surface area contributed by atoms with Gasteiger partial charge in [0.2, 0.25) is 5.95 Å². The van der Waals surface area contributed by atoms with Gasteiger partial charge >= 0.3 is 0 Å². The Labute approximate surface area is 383 Å². The Balaban J connectivity index is 1.15. The van der Waals surface area contributed by atoms with Crippen LogP contribution < -0.4 is 0 Å². The Hall–Kier alpha value is -7.89. The normalized spacial score (nSPS) is 14.5. The third kappa shape index (κ3) is 5.89. The molecule has 5 heteroatoms. The summed E-state index contributed by atoms with van der Waals surface area (Å²) in [5, 5.41) is 9.67. The fourth-order valence-electron chi connectivity index (χ4n) is 11.0. The molecule has 1 aliphatic carbocycles. The monoisotopic (exact) mass is 849 g/mol. The van der Waals surface area contributed by atoms with Gasteiger partial charge in [0.15, 0.2) is 11.6 Å². The number of para-hydroxylation sites is 1. The van der Waals surface area contributed by atoms with E-state index in [0.29, 0.717) is 17.6 Å². The van der Waals surface area contributed by atoms with E-state index >= 15 is 0 Å².